The highest BCUT2D eigenvalue weighted by molar-refractivity contribution is 5.98. The average molecular weight is 329 g/mol. The molecule has 1 aromatic heterocycles. The Morgan fingerprint density at radius 3 is 2.33 bits per heavy atom. The van der Waals surface area contributed by atoms with Crippen molar-refractivity contribution in [1.29, 1.82) is 0 Å². The monoisotopic (exact) mass is 329 g/mol. The van der Waals surface area contributed by atoms with E-state index in [2.05, 4.69) is 4.98 Å². The van der Waals surface area contributed by atoms with Crippen molar-refractivity contribution in [2.45, 2.75) is 32.8 Å². The summed E-state index contributed by atoms with van der Waals surface area (Å²) in [6, 6.07) is 8.75. The summed E-state index contributed by atoms with van der Waals surface area (Å²) in [5.74, 6) is -1.08. The van der Waals surface area contributed by atoms with Crippen LogP contribution < -0.4 is 4.74 Å². The number of hydrogen-bond acceptors (Lipinski definition) is 5. The van der Waals surface area contributed by atoms with E-state index in [9.17, 15) is 14.7 Å². The molecule has 6 heteroatoms. The number of carbonyl (C=O) groups excluding carboxylic acids is 1. The second-order valence-electron chi connectivity index (χ2n) is 5.60. The highest BCUT2D eigenvalue weighted by atomic mass is 16.5. The summed E-state index contributed by atoms with van der Waals surface area (Å²) in [6.45, 7) is 3.88. The maximum atomic E-state index is 11.9. The van der Waals surface area contributed by atoms with Crippen LogP contribution in [0.4, 0.5) is 0 Å². The number of ether oxygens (including phenoxy) is 1. The number of pyridine rings is 1. The van der Waals surface area contributed by atoms with Gasteiger partial charge in [0, 0.05) is 18.2 Å². The van der Waals surface area contributed by atoms with Gasteiger partial charge in [-0.1, -0.05) is 12.1 Å². The summed E-state index contributed by atoms with van der Waals surface area (Å²) in [4.78, 5) is 26.4. The third-order valence-electron chi connectivity index (χ3n) is 3.26. The molecule has 0 spiro atoms. The molecule has 126 valence electrons. The molecule has 0 amide bonds. The van der Waals surface area contributed by atoms with Gasteiger partial charge in [0.1, 0.15) is 17.2 Å². The first-order valence-electron chi connectivity index (χ1n) is 7.58. The predicted molar refractivity (Wildman–Crippen MR) is 88.3 cm³/mol. The van der Waals surface area contributed by atoms with Gasteiger partial charge < -0.3 is 14.9 Å². The molecular formula is C18H19NO5. The van der Waals surface area contributed by atoms with Crippen molar-refractivity contribution in [3.8, 4) is 22.6 Å². The van der Waals surface area contributed by atoms with Crippen LogP contribution in [-0.4, -0.2) is 33.1 Å². The van der Waals surface area contributed by atoms with E-state index >= 15 is 0 Å². The molecule has 2 rings (SSSR count). The lowest BCUT2D eigenvalue weighted by Crippen LogP contribution is -2.06. The second kappa shape index (κ2) is 7.59. The number of aromatic hydroxyl groups is 1. The smallest absolute Gasteiger partial charge is 0.303 e. The van der Waals surface area contributed by atoms with Crippen molar-refractivity contribution in [2.24, 2.45) is 0 Å². The van der Waals surface area contributed by atoms with Gasteiger partial charge in [0.2, 0.25) is 0 Å². The summed E-state index contributed by atoms with van der Waals surface area (Å²) in [6.07, 6.45) is 1.07. The second-order valence-corrected chi connectivity index (χ2v) is 5.60. The zero-order valence-corrected chi connectivity index (χ0v) is 13.5. The largest absolute Gasteiger partial charge is 0.506 e. The highest BCUT2D eigenvalue weighted by Crippen LogP contribution is 2.27. The lowest BCUT2D eigenvalue weighted by Gasteiger charge is -2.10. The van der Waals surface area contributed by atoms with E-state index < -0.39 is 11.8 Å². The van der Waals surface area contributed by atoms with Crippen LogP contribution in [0.3, 0.4) is 0 Å². The van der Waals surface area contributed by atoms with E-state index in [-0.39, 0.29) is 30.4 Å². The maximum absolute atomic E-state index is 11.9. The molecular weight excluding hydrogens is 310 g/mol. The first-order chi connectivity index (χ1) is 11.4. The number of nitrogens with zero attached hydrogens (tertiary/aromatic N) is 1. The molecule has 2 N–H and O–H groups in total. The minimum atomic E-state index is -1.07. The van der Waals surface area contributed by atoms with Crippen LogP contribution in [0.2, 0.25) is 0 Å². The molecule has 0 atom stereocenters. The quantitative estimate of drug-likeness (QED) is 0.757. The Labute approximate surface area is 139 Å². The Kier molecular flexibility index (Phi) is 5.52. The zero-order chi connectivity index (χ0) is 17.7. The first-order valence-corrected chi connectivity index (χ1v) is 7.58. The van der Waals surface area contributed by atoms with E-state index in [1.54, 1.807) is 0 Å². The molecule has 0 aliphatic rings. The number of rotatable bonds is 7. The van der Waals surface area contributed by atoms with Crippen LogP contribution in [-0.2, 0) is 4.79 Å². The molecule has 0 unspecified atom stereocenters. The van der Waals surface area contributed by atoms with Gasteiger partial charge in [0.25, 0.3) is 0 Å². The lowest BCUT2D eigenvalue weighted by atomic mass is 10.1. The fraction of sp³-hybridized carbons (Fsp3) is 0.278. The molecule has 0 bridgehead atoms. The van der Waals surface area contributed by atoms with Crippen molar-refractivity contribution < 1.29 is 24.5 Å². The summed E-state index contributed by atoms with van der Waals surface area (Å²) < 4.78 is 5.57. The third-order valence-corrected chi connectivity index (χ3v) is 3.26. The number of aromatic nitrogens is 1. The molecule has 6 nitrogen and oxygen atoms in total. The topological polar surface area (TPSA) is 96.7 Å². The van der Waals surface area contributed by atoms with Crippen LogP contribution in [0.5, 0.6) is 11.5 Å². The third kappa shape index (κ3) is 4.55. The number of ketones is 1. The molecule has 0 saturated carbocycles. The van der Waals surface area contributed by atoms with E-state index in [0.717, 1.165) is 11.3 Å². The summed E-state index contributed by atoms with van der Waals surface area (Å²) in [5.41, 5.74) is 1.36. The van der Waals surface area contributed by atoms with Crippen molar-refractivity contribution in [2.75, 3.05) is 0 Å². The lowest BCUT2D eigenvalue weighted by molar-refractivity contribution is -0.136. The summed E-state index contributed by atoms with van der Waals surface area (Å²) in [7, 11) is 0. The van der Waals surface area contributed by atoms with Gasteiger partial charge in [-0.05, 0) is 37.6 Å². The van der Waals surface area contributed by atoms with Crippen LogP contribution in [0, 0.1) is 0 Å². The van der Waals surface area contributed by atoms with Crippen molar-refractivity contribution >= 4 is 11.8 Å². The van der Waals surface area contributed by atoms with Gasteiger partial charge in [0.15, 0.2) is 5.78 Å². The maximum Gasteiger partial charge on any atom is 0.303 e. The van der Waals surface area contributed by atoms with Gasteiger partial charge in [-0.15, -0.1) is 0 Å². The molecule has 0 aliphatic carbocycles. The Morgan fingerprint density at radius 1 is 1.12 bits per heavy atom. The first kappa shape index (κ1) is 17.5. The predicted octanol–water partition coefficient (Wildman–Crippen LogP) is 3.29. The summed E-state index contributed by atoms with van der Waals surface area (Å²) >= 11 is 0. The van der Waals surface area contributed by atoms with E-state index in [0.29, 0.717) is 5.56 Å². The van der Waals surface area contributed by atoms with Gasteiger partial charge in [-0.25, -0.2) is 4.98 Å². The number of benzene rings is 1. The molecule has 0 fully saturated rings. The Balaban J connectivity index is 2.16. The van der Waals surface area contributed by atoms with Crippen molar-refractivity contribution in [3.05, 3.63) is 42.2 Å². The van der Waals surface area contributed by atoms with Crippen LogP contribution in [0.1, 0.15) is 37.2 Å². The molecule has 0 radical (unpaired) electrons. The van der Waals surface area contributed by atoms with Gasteiger partial charge in [-0.2, -0.15) is 0 Å². The summed E-state index contributed by atoms with van der Waals surface area (Å²) in [5, 5.41) is 18.6. The number of hydrogen-bond donors (Lipinski definition) is 2. The molecule has 24 heavy (non-hydrogen) atoms. The number of Topliss-reactive ketones (excluding diaryl/α,β-unsaturated/α-hetero) is 1. The van der Waals surface area contributed by atoms with Crippen LogP contribution in [0.15, 0.2) is 36.5 Å². The Hall–Kier alpha value is -2.89. The van der Waals surface area contributed by atoms with E-state index in [1.165, 1.54) is 12.3 Å². The Bertz CT molecular complexity index is 738. The molecule has 2 aromatic rings. The van der Waals surface area contributed by atoms with E-state index in [4.69, 9.17) is 9.84 Å². The highest BCUT2D eigenvalue weighted by Gasteiger charge is 2.15. The van der Waals surface area contributed by atoms with Crippen LogP contribution in [0.25, 0.3) is 11.1 Å². The molecule has 0 saturated heterocycles. The number of carboxylic acid groups (broad SMARTS) is 1. The van der Waals surface area contributed by atoms with Gasteiger partial charge >= 0.3 is 5.97 Å². The SMILES string of the molecule is CC(C)Oc1ccc(-c2cnc(C(=O)CCC(=O)O)c(O)c2)cc1. The zero-order valence-electron chi connectivity index (χ0n) is 13.5. The molecule has 1 heterocycles. The van der Waals surface area contributed by atoms with Crippen LogP contribution >= 0.6 is 0 Å². The minimum Gasteiger partial charge on any atom is -0.506 e. The normalized spacial score (nSPS) is 10.6. The average Bonchev–Trinajstić information content (AvgIpc) is 2.52. The van der Waals surface area contributed by atoms with E-state index in [1.807, 2.05) is 38.1 Å². The van der Waals surface area contributed by atoms with Gasteiger partial charge in [-0.3, -0.25) is 9.59 Å². The number of carbonyl (C=O) groups is 2. The number of aliphatic carboxylic acids is 1. The number of carboxylic acids is 1. The Morgan fingerprint density at radius 2 is 1.79 bits per heavy atom. The molecule has 1 aromatic carbocycles. The standard InChI is InChI=1S/C18H19NO5/c1-11(2)24-14-5-3-12(4-6-14)13-9-16(21)18(19-10-13)15(20)7-8-17(22)23/h3-6,9-11,21H,7-8H2,1-2H3,(H,22,23). The fourth-order valence-corrected chi connectivity index (χ4v) is 2.16. The van der Waals surface area contributed by atoms with Gasteiger partial charge in [0.05, 0.1) is 12.5 Å². The van der Waals surface area contributed by atoms with Crippen molar-refractivity contribution in [1.82, 2.24) is 4.98 Å². The van der Waals surface area contributed by atoms with Crippen molar-refractivity contribution in [3.63, 3.8) is 0 Å². The molecule has 0 aliphatic heterocycles. The minimum absolute atomic E-state index is 0.0812. The fourth-order valence-electron chi connectivity index (χ4n) is 2.16.